The number of aryl methyl sites for hydroxylation is 2. The number of esters is 1. The summed E-state index contributed by atoms with van der Waals surface area (Å²) >= 11 is 0. The van der Waals surface area contributed by atoms with Crippen LogP contribution in [0.15, 0.2) is 41.6 Å². The minimum absolute atomic E-state index is 0.223. The topological polar surface area (TPSA) is 60.8 Å². The van der Waals surface area contributed by atoms with Crippen molar-refractivity contribution < 1.29 is 14.4 Å². The Balaban J connectivity index is 2.35. The summed E-state index contributed by atoms with van der Waals surface area (Å²) in [4.78, 5) is 21.0. The third kappa shape index (κ3) is 4.16. The van der Waals surface area contributed by atoms with Gasteiger partial charge in [0.25, 0.3) is 0 Å². The van der Waals surface area contributed by atoms with E-state index < -0.39 is 5.97 Å². The molecule has 0 bridgehead atoms. The molecule has 2 aromatic rings. The van der Waals surface area contributed by atoms with E-state index in [2.05, 4.69) is 16.2 Å². The predicted octanol–water partition coefficient (Wildman–Crippen LogP) is 3.08. The number of oxime groups is 1. The molecule has 0 radical (unpaired) electrons. The van der Waals surface area contributed by atoms with E-state index in [1.165, 1.54) is 14.2 Å². The Morgan fingerprint density at radius 3 is 2.65 bits per heavy atom. The highest BCUT2D eigenvalue weighted by molar-refractivity contribution is 6.36. The lowest BCUT2D eigenvalue weighted by Gasteiger charge is -2.09. The van der Waals surface area contributed by atoms with Crippen molar-refractivity contribution in [2.24, 2.45) is 5.16 Å². The predicted molar refractivity (Wildman–Crippen MR) is 89.3 cm³/mol. The lowest BCUT2D eigenvalue weighted by atomic mass is 10.0. The van der Waals surface area contributed by atoms with Gasteiger partial charge in [-0.3, -0.25) is 4.98 Å². The van der Waals surface area contributed by atoms with Crippen molar-refractivity contribution in [3.8, 4) is 11.3 Å². The molecule has 1 heterocycles. The molecular weight excluding hydrogens is 292 g/mol. The monoisotopic (exact) mass is 312 g/mol. The number of rotatable bonds is 5. The first-order valence-electron chi connectivity index (χ1n) is 7.27. The van der Waals surface area contributed by atoms with Crippen LogP contribution in [0.4, 0.5) is 0 Å². The molecular formula is C18H20N2O3. The van der Waals surface area contributed by atoms with Crippen LogP contribution in [0.1, 0.15) is 16.8 Å². The van der Waals surface area contributed by atoms with Crippen LogP contribution in [0.2, 0.25) is 0 Å². The molecule has 0 amide bonds. The van der Waals surface area contributed by atoms with Gasteiger partial charge in [-0.15, -0.1) is 0 Å². The Labute approximate surface area is 136 Å². The number of ether oxygens (including phenoxy) is 1. The fraction of sp³-hybridized carbons (Fsp3) is 0.278. The number of carbonyl (C=O) groups excluding carboxylic acids is 1. The smallest absolute Gasteiger partial charge is 0.356 e. The highest BCUT2D eigenvalue weighted by atomic mass is 16.6. The number of nitrogens with zero attached hydrogens (tertiary/aromatic N) is 2. The molecule has 0 unspecified atom stereocenters. The molecule has 120 valence electrons. The number of hydrogen-bond acceptors (Lipinski definition) is 5. The van der Waals surface area contributed by atoms with Gasteiger partial charge in [-0.05, 0) is 37.1 Å². The van der Waals surface area contributed by atoms with Crippen LogP contribution in [-0.2, 0) is 20.8 Å². The molecule has 2 rings (SSSR count). The van der Waals surface area contributed by atoms with Gasteiger partial charge in [-0.1, -0.05) is 29.4 Å². The van der Waals surface area contributed by atoms with Crippen LogP contribution in [0.3, 0.4) is 0 Å². The average Bonchev–Trinajstić information content (AvgIpc) is 2.56. The molecule has 0 atom stereocenters. The van der Waals surface area contributed by atoms with Gasteiger partial charge in [-0.2, -0.15) is 0 Å². The summed E-state index contributed by atoms with van der Waals surface area (Å²) in [6.45, 7) is 3.99. The Morgan fingerprint density at radius 2 is 1.96 bits per heavy atom. The Bertz CT molecular complexity index is 739. The molecule has 0 aliphatic heterocycles. The highest BCUT2D eigenvalue weighted by Crippen LogP contribution is 2.23. The van der Waals surface area contributed by atoms with E-state index in [0.717, 1.165) is 28.1 Å². The highest BCUT2D eigenvalue weighted by Gasteiger charge is 2.14. The SMILES string of the molecule is CO/N=C(/Cc1cccc(-c2nc(C)ccc2C)c1)C(=O)OC. The first-order valence-corrected chi connectivity index (χ1v) is 7.27. The van der Waals surface area contributed by atoms with Gasteiger partial charge in [0.1, 0.15) is 7.11 Å². The van der Waals surface area contributed by atoms with Crippen molar-refractivity contribution in [1.29, 1.82) is 0 Å². The zero-order chi connectivity index (χ0) is 16.8. The third-order valence-corrected chi connectivity index (χ3v) is 3.43. The van der Waals surface area contributed by atoms with Crippen LogP contribution in [-0.4, -0.2) is 30.9 Å². The minimum atomic E-state index is -0.498. The van der Waals surface area contributed by atoms with Crippen molar-refractivity contribution in [2.45, 2.75) is 20.3 Å². The Kier molecular flexibility index (Phi) is 5.46. The first kappa shape index (κ1) is 16.7. The third-order valence-electron chi connectivity index (χ3n) is 3.43. The van der Waals surface area contributed by atoms with Crippen molar-refractivity contribution in [3.63, 3.8) is 0 Å². The standard InChI is InChI=1S/C18H20N2O3/c1-12-8-9-13(2)19-17(12)15-7-5-6-14(10-15)11-16(20-23-4)18(21)22-3/h5-10H,11H2,1-4H3/b20-16-. The second-order valence-corrected chi connectivity index (χ2v) is 5.21. The molecule has 1 aromatic heterocycles. The summed E-state index contributed by atoms with van der Waals surface area (Å²) in [5.74, 6) is -0.498. The largest absolute Gasteiger partial charge is 0.464 e. The van der Waals surface area contributed by atoms with E-state index in [-0.39, 0.29) is 5.71 Å². The Morgan fingerprint density at radius 1 is 1.17 bits per heavy atom. The second-order valence-electron chi connectivity index (χ2n) is 5.21. The lowest BCUT2D eigenvalue weighted by Crippen LogP contribution is -2.18. The number of hydrogen-bond donors (Lipinski definition) is 0. The van der Waals surface area contributed by atoms with Gasteiger partial charge in [0, 0.05) is 17.7 Å². The summed E-state index contributed by atoms with van der Waals surface area (Å²) in [5, 5.41) is 3.75. The van der Waals surface area contributed by atoms with Crippen molar-refractivity contribution >= 4 is 11.7 Å². The van der Waals surface area contributed by atoms with Crippen LogP contribution in [0.25, 0.3) is 11.3 Å². The van der Waals surface area contributed by atoms with Gasteiger partial charge in [0.15, 0.2) is 5.71 Å². The zero-order valence-electron chi connectivity index (χ0n) is 13.8. The Hall–Kier alpha value is -2.69. The molecule has 0 saturated heterocycles. The summed E-state index contributed by atoms with van der Waals surface area (Å²) < 4.78 is 4.72. The molecule has 1 aromatic carbocycles. The summed E-state index contributed by atoms with van der Waals surface area (Å²) in [6, 6.07) is 11.9. The number of benzene rings is 1. The van der Waals surface area contributed by atoms with E-state index in [1.807, 2.05) is 44.2 Å². The number of aromatic nitrogens is 1. The summed E-state index contributed by atoms with van der Waals surface area (Å²) in [7, 11) is 2.73. The maximum Gasteiger partial charge on any atom is 0.356 e. The van der Waals surface area contributed by atoms with Crippen LogP contribution >= 0.6 is 0 Å². The van der Waals surface area contributed by atoms with E-state index >= 15 is 0 Å². The van der Waals surface area contributed by atoms with E-state index in [0.29, 0.717) is 6.42 Å². The summed E-state index contributed by atoms with van der Waals surface area (Å²) in [6.07, 6.45) is 0.333. The van der Waals surface area contributed by atoms with E-state index in [9.17, 15) is 4.79 Å². The maximum absolute atomic E-state index is 11.7. The average molecular weight is 312 g/mol. The molecule has 0 aliphatic carbocycles. The van der Waals surface area contributed by atoms with Gasteiger partial charge >= 0.3 is 5.97 Å². The lowest BCUT2D eigenvalue weighted by molar-refractivity contribution is -0.133. The van der Waals surface area contributed by atoms with Crippen molar-refractivity contribution in [2.75, 3.05) is 14.2 Å². The van der Waals surface area contributed by atoms with Crippen LogP contribution in [0, 0.1) is 13.8 Å². The molecule has 0 spiro atoms. The van der Waals surface area contributed by atoms with E-state index in [1.54, 1.807) is 0 Å². The minimum Gasteiger partial charge on any atom is -0.464 e. The zero-order valence-corrected chi connectivity index (χ0v) is 13.8. The fourth-order valence-corrected chi connectivity index (χ4v) is 2.31. The molecule has 23 heavy (non-hydrogen) atoms. The number of carbonyl (C=O) groups is 1. The quantitative estimate of drug-likeness (QED) is 0.483. The van der Waals surface area contributed by atoms with Crippen molar-refractivity contribution in [3.05, 3.63) is 53.2 Å². The molecule has 0 aliphatic rings. The normalized spacial score (nSPS) is 11.2. The molecule has 0 fully saturated rings. The molecule has 0 saturated carbocycles. The van der Waals surface area contributed by atoms with Gasteiger partial charge < -0.3 is 9.57 Å². The van der Waals surface area contributed by atoms with E-state index in [4.69, 9.17) is 9.57 Å². The van der Waals surface area contributed by atoms with Crippen LogP contribution < -0.4 is 0 Å². The maximum atomic E-state index is 11.7. The number of pyridine rings is 1. The van der Waals surface area contributed by atoms with Gasteiger partial charge in [-0.25, -0.2) is 4.79 Å². The van der Waals surface area contributed by atoms with Gasteiger partial charge in [0.05, 0.1) is 12.8 Å². The fourth-order valence-electron chi connectivity index (χ4n) is 2.31. The second kappa shape index (κ2) is 7.54. The number of methoxy groups -OCH3 is 1. The first-order chi connectivity index (χ1) is 11.0. The molecule has 0 N–H and O–H groups in total. The molecule has 5 heteroatoms. The van der Waals surface area contributed by atoms with Crippen molar-refractivity contribution in [1.82, 2.24) is 4.98 Å². The molecule has 5 nitrogen and oxygen atoms in total. The van der Waals surface area contributed by atoms with Crippen LogP contribution in [0.5, 0.6) is 0 Å². The van der Waals surface area contributed by atoms with Gasteiger partial charge in [0.2, 0.25) is 0 Å². The summed E-state index contributed by atoms with van der Waals surface area (Å²) in [5.41, 5.74) is 5.17.